The summed E-state index contributed by atoms with van der Waals surface area (Å²) in [5, 5.41) is 6.98. The number of hydrogen-bond acceptors (Lipinski definition) is 3. The molecule has 10 aromatic carbocycles. The van der Waals surface area contributed by atoms with Crippen molar-refractivity contribution in [1.82, 2.24) is 0 Å². The first-order valence-corrected chi connectivity index (χ1v) is 20.7. The lowest BCUT2D eigenvalue weighted by Crippen LogP contribution is -2.11. The van der Waals surface area contributed by atoms with Crippen LogP contribution in [0.2, 0.25) is 0 Å². The van der Waals surface area contributed by atoms with E-state index < -0.39 is 0 Å². The average molecular weight is 780 g/mol. The van der Waals surface area contributed by atoms with Gasteiger partial charge in [0.1, 0.15) is 22.3 Å². The number of hydrogen-bond donors (Lipinski definition) is 0. The van der Waals surface area contributed by atoms with Crippen LogP contribution in [-0.2, 0) is 0 Å². The molecule has 0 amide bonds. The van der Waals surface area contributed by atoms with Crippen molar-refractivity contribution in [3.05, 3.63) is 224 Å². The van der Waals surface area contributed by atoms with E-state index in [-0.39, 0.29) is 0 Å². The van der Waals surface area contributed by atoms with E-state index in [1.165, 1.54) is 27.5 Å². The molecule has 12 aromatic rings. The second-order valence-electron chi connectivity index (χ2n) is 15.6. The van der Waals surface area contributed by atoms with Crippen LogP contribution in [0, 0.1) is 0 Å². The van der Waals surface area contributed by atoms with Crippen LogP contribution in [0.4, 0.5) is 17.1 Å². The molecule has 0 bridgehead atoms. The van der Waals surface area contributed by atoms with Gasteiger partial charge in [-0.15, -0.1) is 0 Å². The van der Waals surface area contributed by atoms with Crippen LogP contribution in [0.15, 0.2) is 233 Å². The molecule has 2 heterocycles. The smallest absolute Gasteiger partial charge is 0.136 e. The zero-order valence-electron chi connectivity index (χ0n) is 33.1. The van der Waals surface area contributed by atoms with Crippen LogP contribution < -0.4 is 4.90 Å². The molecular weight excluding hydrogens is 743 g/mol. The first-order valence-electron chi connectivity index (χ1n) is 20.7. The maximum atomic E-state index is 6.38. The molecule has 0 N–H and O–H groups in total. The van der Waals surface area contributed by atoms with Crippen LogP contribution >= 0.6 is 0 Å². The van der Waals surface area contributed by atoms with E-state index in [9.17, 15) is 0 Å². The Morgan fingerprint density at radius 3 is 1.59 bits per heavy atom. The SMILES string of the molecule is c1cc(-c2ccc(N(c3ccc(-c4ccc5c(c4)oc4ccccc45)cc3)c3ccccc3-c3cccc4oc5ccccc5c34)cc2)cc(-c2cccc3ccccc23)c1. The highest BCUT2D eigenvalue weighted by molar-refractivity contribution is 6.14. The summed E-state index contributed by atoms with van der Waals surface area (Å²) in [5.41, 5.74) is 16.0. The summed E-state index contributed by atoms with van der Waals surface area (Å²) in [6.45, 7) is 0. The summed E-state index contributed by atoms with van der Waals surface area (Å²) in [6, 6.07) is 80.0. The maximum absolute atomic E-state index is 6.38. The first-order chi connectivity index (χ1) is 30.2. The van der Waals surface area contributed by atoms with Crippen LogP contribution in [0.1, 0.15) is 0 Å². The maximum Gasteiger partial charge on any atom is 0.136 e. The van der Waals surface area contributed by atoms with Gasteiger partial charge in [-0.1, -0.05) is 158 Å². The Morgan fingerprint density at radius 2 is 0.787 bits per heavy atom. The van der Waals surface area contributed by atoms with Crippen molar-refractivity contribution in [3.63, 3.8) is 0 Å². The number of rotatable bonds is 7. The van der Waals surface area contributed by atoms with Crippen LogP contribution in [0.25, 0.3) is 99.2 Å². The Kier molecular flexibility index (Phi) is 8.17. The molecule has 0 unspecified atom stereocenters. The van der Waals surface area contributed by atoms with Gasteiger partial charge in [0.05, 0.1) is 5.69 Å². The van der Waals surface area contributed by atoms with Gasteiger partial charge < -0.3 is 13.7 Å². The third kappa shape index (κ3) is 5.98. The summed E-state index contributed by atoms with van der Waals surface area (Å²) in [7, 11) is 0. The average Bonchev–Trinajstić information content (AvgIpc) is 3.90. The summed E-state index contributed by atoms with van der Waals surface area (Å²) < 4.78 is 12.6. The van der Waals surface area contributed by atoms with Crippen LogP contribution in [0.5, 0.6) is 0 Å². The van der Waals surface area contributed by atoms with Crippen LogP contribution in [-0.4, -0.2) is 0 Å². The van der Waals surface area contributed by atoms with Gasteiger partial charge in [0, 0.05) is 38.5 Å². The van der Waals surface area contributed by atoms with Gasteiger partial charge >= 0.3 is 0 Å². The van der Waals surface area contributed by atoms with Gasteiger partial charge in [0.25, 0.3) is 0 Å². The molecular formula is C58H37NO2. The lowest BCUT2D eigenvalue weighted by molar-refractivity contribution is 0.668. The van der Waals surface area contributed by atoms with Crippen molar-refractivity contribution >= 4 is 71.7 Å². The van der Waals surface area contributed by atoms with E-state index in [0.29, 0.717) is 0 Å². The second kappa shape index (κ2) is 14.3. The Labute approximate surface area is 353 Å². The number of fused-ring (bicyclic) bond motifs is 7. The minimum atomic E-state index is 0.876. The normalized spacial score (nSPS) is 11.6. The summed E-state index contributed by atoms with van der Waals surface area (Å²) in [5.74, 6) is 0. The molecule has 61 heavy (non-hydrogen) atoms. The predicted molar refractivity (Wildman–Crippen MR) is 255 cm³/mol. The van der Waals surface area contributed by atoms with Gasteiger partial charge in [-0.05, 0) is 116 Å². The van der Waals surface area contributed by atoms with E-state index in [4.69, 9.17) is 8.83 Å². The molecule has 0 spiro atoms. The highest BCUT2D eigenvalue weighted by atomic mass is 16.3. The molecule has 0 saturated carbocycles. The fourth-order valence-corrected chi connectivity index (χ4v) is 9.18. The standard InChI is InChI=1S/C58H37NO2/c1-2-16-46-40(12-1)13-10-20-47(46)43-15-9-14-41(36-43)38-26-31-44(32-27-38)59(45-33-28-39(29-34-45)42-30-35-50-49-18-4-7-23-54(49)61-57(50)37-42)53-22-6-3-17-48(53)51-21-11-25-56-58(51)52-19-5-8-24-55(52)60-56/h1-37H. The number of nitrogens with zero attached hydrogens (tertiary/aromatic N) is 1. The molecule has 12 rings (SSSR count). The molecule has 0 radical (unpaired) electrons. The number of benzene rings is 10. The van der Waals surface area contributed by atoms with Gasteiger partial charge in [0.2, 0.25) is 0 Å². The van der Waals surface area contributed by atoms with E-state index in [1.807, 2.05) is 24.3 Å². The van der Waals surface area contributed by atoms with Crippen molar-refractivity contribution < 1.29 is 8.83 Å². The van der Waals surface area contributed by atoms with Crippen molar-refractivity contribution in [3.8, 4) is 44.5 Å². The van der Waals surface area contributed by atoms with Crippen LogP contribution in [0.3, 0.4) is 0 Å². The number of furan rings is 2. The topological polar surface area (TPSA) is 29.5 Å². The van der Waals surface area contributed by atoms with Gasteiger partial charge in [-0.25, -0.2) is 0 Å². The molecule has 3 nitrogen and oxygen atoms in total. The molecule has 286 valence electrons. The lowest BCUT2D eigenvalue weighted by Gasteiger charge is -2.28. The van der Waals surface area contributed by atoms with E-state index in [2.05, 4.69) is 205 Å². The van der Waals surface area contributed by atoms with Crippen molar-refractivity contribution in [2.24, 2.45) is 0 Å². The molecule has 0 saturated heterocycles. The summed E-state index contributed by atoms with van der Waals surface area (Å²) in [6.07, 6.45) is 0. The van der Waals surface area contributed by atoms with Crippen molar-refractivity contribution in [2.45, 2.75) is 0 Å². The zero-order valence-corrected chi connectivity index (χ0v) is 33.1. The monoisotopic (exact) mass is 779 g/mol. The van der Waals surface area contributed by atoms with Crippen molar-refractivity contribution in [1.29, 1.82) is 0 Å². The largest absolute Gasteiger partial charge is 0.456 e. The minimum Gasteiger partial charge on any atom is -0.456 e. The molecule has 0 fully saturated rings. The minimum absolute atomic E-state index is 0.876. The molecule has 0 atom stereocenters. The Balaban J connectivity index is 0.976. The Morgan fingerprint density at radius 1 is 0.279 bits per heavy atom. The molecule has 0 aliphatic heterocycles. The highest BCUT2D eigenvalue weighted by Crippen LogP contribution is 2.45. The van der Waals surface area contributed by atoms with E-state index in [1.54, 1.807) is 0 Å². The Bertz CT molecular complexity index is 3590. The Hall–Kier alpha value is -8.14. The van der Waals surface area contributed by atoms with E-state index >= 15 is 0 Å². The zero-order chi connectivity index (χ0) is 40.3. The first kappa shape index (κ1) is 34.9. The lowest BCUT2D eigenvalue weighted by atomic mass is 9.95. The van der Waals surface area contributed by atoms with Gasteiger partial charge in [0.15, 0.2) is 0 Å². The molecule has 0 aliphatic carbocycles. The van der Waals surface area contributed by atoms with Crippen molar-refractivity contribution in [2.75, 3.05) is 4.90 Å². The third-order valence-corrected chi connectivity index (χ3v) is 12.1. The van der Waals surface area contributed by atoms with Gasteiger partial charge in [-0.2, -0.15) is 0 Å². The molecule has 0 aliphatic rings. The quantitative estimate of drug-likeness (QED) is 0.161. The summed E-state index contributed by atoms with van der Waals surface area (Å²) >= 11 is 0. The van der Waals surface area contributed by atoms with Gasteiger partial charge in [-0.3, -0.25) is 0 Å². The third-order valence-electron chi connectivity index (χ3n) is 12.1. The second-order valence-corrected chi connectivity index (χ2v) is 15.6. The number of anilines is 3. The van der Waals surface area contributed by atoms with E-state index in [0.717, 1.165) is 88.8 Å². The molecule has 2 aromatic heterocycles. The fourth-order valence-electron chi connectivity index (χ4n) is 9.18. The molecule has 3 heteroatoms. The predicted octanol–water partition coefficient (Wildman–Crippen LogP) is 16.8. The highest BCUT2D eigenvalue weighted by Gasteiger charge is 2.21. The fraction of sp³-hybridized carbons (Fsp3) is 0. The number of para-hydroxylation sites is 3. The summed E-state index contributed by atoms with van der Waals surface area (Å²) in [4.78, 5) is 2.37.